The molecule has 2 N–H and O–H groups in total. The Bertz CT molecular complexity index is 581. The second kappa shape index (κ2) is 7.92. The quantitative estimate of drug-likeness (QED) is 0.648. The molecule has 6 nitrogen and oxygen atoms in total. The fraction of sp³-hybridized carbons (Fsp3) is 0.438. The molecule has 0 aliphatic carbocycles. The van der Waals surface area contributed by atoms with E-state index >= 15 is 0 Å². The lowest BCUT2D eigenvalue weighted by Gasteiger charge is -2.34. The zero-order chi connectivity index (χ0) is 16.8. The van der Waals surface area contributed by atoms with Crippen molar-refractivity contribution in [2.24, 2.45) is 0 Å². The first-order valence-corrected chi connectivity index (χ1v) is 7.92. The van der Waals surface area contributed by atoms with Crippen molar-refractivity contribution in [1.82, 2.24) is 10.2 Å². The number of likely N-dealkylation sites (tertiary alicyclic amines) is 1. The van der Waals surface area contributed by atoms with E-state index in [1.807, 2.05) is 0 Å². The Morgan fingerprint density at radius 1 is 1.22 bits per heavy atom. The highest BCUT2D eigenvalue weighted by atomic mass is 32.1. The second-order valence-electron chi connectivity index (χ2n) is 5.46. The number of amides is 1. The molecule has 1 aromatic carbocycles. The third-order valence-corrected chi connectivity index (χ3v) is 4.11. The topological polar surface area (TPSA) is 70.7 Å². The van der Waals surface area contributed by atoms with E-state index in [1.165, 1.54) is 14.0 Å². The summed E-state index contributed by atoms with van der Waals surface area (Å²) in [6.45, 7) is 3.14. The number of nitrogens with one attached hydrogen (secondary N) is 2. The Labute approximate surface area is 141 Å². The van der Waals surface area contributed by atoms with Gasteiger partial charge in [-0.3, -0.25) is 4.79 Å². The number of nitrogens with zero attached hydrogens (tertiary/aromatic N) is 1. The number of benzene rings is 1. The van der Waals surface area contributed by atoms with E-state index in [9.17, 15) is 9.59 Å². The first-order valence-electron chi connectivity index (χ1n) is 7.51. The second-order valence-corrected chi connectivity index (χ2v) is 5.85. The van der Waals surface area contributed by atoms with Gasteiger partial charge in [0.25, 0.3) is 0 Å². The minimum Gasteiger partial charge on any atom is -0.465 e. The number of anilines is 1. The number of hydrogen-bond donors (Lipinski definition) is 2. The smallest absolute Gasteiger partial charge is 0.337 e. The van der Waals surface area contributed by atoms with Gasteiger partial charge in [-0.25, -0.2) is 4.79 Å². The van der Waals surface area contributed by atoms with E-state index in [4.69, 9.17) is 12.2 Å². The molecule has 0 bridgehead atoms. The number of ether oxygens (including phenoxy) is 1. The molecule has 23 heavy (non-hydrogen) atoms. The van der Waals surface area contributed by atoms with Gasteiger partial charge in [-0.1, -0.05) is 0 Å². The van der Waals surface area contributed by atoms with Gasteiger partial charge >= 0.3 is 5.97 Å². The minimum absolute atomic E-state index is 0.00912. The molecule has 0 aromatic heterocycles. The van der Waals surface area contributed by atoms with Crippen molar-refractivity contribution in [1.29, 1.82) is 0 Å². The maximum Gasteiger partial charge on any atom is 0.337 e. The van der Waals surface area contributed by atoms with E-state index in [0.717, 1.165) is 31.6 Å². The van der Waals surface area contributed by atoms with Crippen molar-refractivity contribution in [3.05, 3.63) is 29.8 Å². The van der Waals surface area contributed by atoms with E-state index in [2.05, 4.69) is 20.3 Å². The molecule has 0 radical (unpaired) electrons. The number of esters is 1. The molecule has 0 saturated carbocycles. The first kappa shape index (κ1) is 17.2. The Morgan fingerprint density at radius 3 is 2.35 bits per heavy atom. The van der Waals surface area contributed by atoms with Crippen LogP contribution in [0.1, 0.15) is 30.1 Å². The standard InChI is InChI=1S/C16H21N3O3S/c1-11(20)17-14-7-9-19(10-8-14)16(23)18-13-5-3-12(4-6-13)15(21)22-2/h3-6,14H,7-10H2,1-2H3,(H,17,20)(H,18,23). The van der Waals surface area contributed by atoms with Crippen LogP contribution in [0.25, 0.3) is 0 Å². The molecule has 1 saturated heterocycles. The summed E-state index contributed by atoms with van der Waals surface area (Å²) in [4.78, 5) is 24.5. The summed E-state index contributed by atoms with van der Waals surface area (Å²) in [5, 5.41) is 6.76. The molecule has 1 aliphatic heterocycles. The van der Waals surface area contributed by atoms with Crippen molar-refractivity contribution in [3.63, 3.8) is 0 Å². The van der Waals surface area contributed by atoms with Crippen LogP contribution < -0.4 is 10.6 Å². The van der Waals surface area contributed by atoms with Gasteiger partial charge in [0.15, 0.2) is 5.11 Å². The molecule has 0 atom stereocenters. The van der Waals surface area contributed by atoms with Crippen molar-refractivity contribution in [2.75, 3.05) is 25.5 Å². The van der Waals surface area contributed by atoms with Crippen molar-refractivity contribution in [2.45, 2.75) is 25.8 Å². The number of rotatable bonds is 3. The molecule has 124 valence electrons. The Kier molecular flexibility index (Phi) is 5.92. The third kappa shape index (κ3) is 4.92. The van der Waals surface area contributed by atoms with Crippen molar-refractivity contribution >= 4 is 34.9 Å². The van der Waals surface area contributed by atoms with E-state index in [1.54, 1.807) is 24.3 Å². The van der Waals surface area contributed by atoms with Crippen molar-refractivity contribution < 1.29 is 14.3 Å². The summed E-state index contributed by atoms with van der Waals surface area (Å²) in [6.07, 6.45) is 1.76. The van der Waals surface area contributed by atoms with Crippen LogP contribution in [0.5, 0.6) is 0 Å². The van der Waals surface area contributed by atoms with Crippen molar-refractivity contribution in [3.8, 4) is 0 Å². The minimum atomic E-state index is -0.362. The highest BCUT2D eigenvalue weighted by Gasteiger charge is 2.21. The largest absolute Gasteiger partial charge is 0.465 e. The molecular formula is C16H21N3O3S. The first-order chi connectivity index (χ1) is 11.0. The molecule has 1 amide bonds. The molecule has 2 rings (SSSR count). The predicted octanol–water partition coefficient (Wildman–Crippen LogP) is 1.77. The zero-order valence-electron chi connectivity index (χ0n) is 13.3. The van der Waals surface area contributed by atoms with Gasteiger partial charge in [0.1, 0.15) is 0 Å². The monoisotopic (exact) mass is 335 g/mol. The molecule has 0 spiro atoms. The van der Waals surface area contributed by atoms with E-state index in [-0.39, 0.29) is 17.9 Å². The lowest BCUT2D eigenvalue weighted by atomic mass is 10.1. The molecule has 0 unspecified atom stereocenters. The van der Waals surface area contributed by atoms with Gasteiger partial charge in [0.2, 0.25) is 5.91 Å². The number of carbonyl (C=O) groups is 2. The average molecular weight is 335 g/mol. The van der Waals surface area contributed by atoms with Crippen LogP contribution in [-0.2, 0) is 9.53 Å². The van der Waals surface area contributed by atoms with Crippen LogP contribution in [0.15, 0.2) is 24.3 Å². The number of hydrogen-bond acceptors (Lipinski definition) is 4. The van der Waals surface area contributed by atoms with Crippen LogP contribution in [0.3, 0.4) is 0 Å². The predicted molar refractivity (Wildman–Crippen MR) is 92.4 cm³/mol. The number of carbonyl (C=O) groups excluding carboxylic acids is 2. The summed E-state index contributed by atoms with van der Waals surface area (Å²) in [5.74, 6) is -0.353. The fourth-order valence-corrected chi connectivity index (χ4v) is 2.82. The normalized spacial score (nSPS) is 15.0. The van der Waals surface area contributed by atoms with E-state index in [0.29, 0.717) is 10.7 Å². The highest BCUT2D eigenvalue weighted by molar-refractivity contribution is 7.80. The molecule has 1 aliphatic rings. The van der Waals surface area contributed by atoms with Gasteiger partial charge < -0.3 is 20.3 Å². The molecule has 1 heterocycles. The van der Waals surface area contributed by atoms with E-state index < -0.39 is 0 Å². The summed E-state index contributed by atoms with van der Waals surface area (Å²) in [6, 6.07) is 7.20. The lowest BCUT2D eigenvalue weighted by Crippen LogP contribution is -2.47. The van der Waals surface area contributed by atoms with Gasteiger partial charge in [-0.15, -0.1) is 0 Å². The summed E-state index contributed by atoms with van der Waals surface area (Å²) < 4.78 is 4.67. The average Bonchev–Trinajstić information content (AvgIpc) is 2.55. The SMILES string of the molecule is COC(=O)c1ccc(NC(=S)N2CCC(NC(C)=O)CC2)cc1. The van der Waals surface area contributed by atoms with Crippen LogP contribution in [0.4, 0.5) is 5.69 Å². The van der Waals surface area contributed by atoms with Crippen LogP contribution in [-0.4, -0.2) is 48.1 Å². The lowest BCUT2D eigenvalue weighted by molar-refractivity contribution is -0.119. The van der Waals surface area contributed by atoms with Gasteiger partial charge in [-0.05, 0) is 49.3 Å². The van der Waals surface area contributed by atoms with Crippen LogP contribution >= 0.6 is 12.2 Å². The number of piperidine rings is 1. The van der Waals surface area contributed by atoms with Crippen LogP contribution in [0.2, 0.25) is 0 Å². The third-order valence-electron chi connectivity index (χ3n) is 3.75. The number of methoxy groups -OCH3 is 1. The van der Waals surface area contributed by atoms with Gasteiger partial charge in [0.05, 0.1) is 12.7 Å². The summed E-state index contributed by atoms with van der Waals surface area (Å²) in [5.41, 5.74) is 1.33. The van der Waals surface area contributed by atoms with Gasteiger partial charge in [0, 0.05) is 31.7 Å². The molecular weight excluding hydrogens is 314 g/mol. The molecule has 1 aromatic rings. The van der Waals surface area contributed by atoms with Gasteiger partial charge in [-0.2, -0.15) is 0 Å². The maximum absolute atomic E-state index is 11.4. The number of thiocarbonyl (C=S) groups is 1. The summed E-state index contributed by atoms with van der Waals surface area (Å²) in [7, 11) is 1.36. The zero-order valence-corrected chi connectivity index (χ0v) is 14.1. The fourth-order valence-electron chi connectivity index (χ4n) is 2.52. The Balaban J connectivity index is 1.85. The Hall–Kier alpha value is -2.15. The maximum atomic E-state index is 11.4. The molecule has 7 heteroatoms. The highest BCUT2D eigenvalue weighted by Crippen LogP contribution is 2.15. The molecule has 1 fully saturated rings. The Morgan fingerprint density at radius 2 is 1.83 bits per heavy atom. The summed E-state index contributed by atoms with van der Waals surface area (Å²) >= 11 is 5.43. The van der Waals surface area contributed by atoms with Crippen LogP contribution in [0, 0.1) is 0 Å².